The molecule has 2 atom stereocenters. The first-order chi connectivity index (χ1) is 18.7. The number of fused-ring (bicyclic) bond motifs is 1. The van der Waals surface area contributed by atoms with Crippen LogP contribution in [0.25, 0.3) is 16.6 Å². The number of aromatic hydroxyl groups is 1. The van der Waals surface area contributed by atoms with Gasteiger partial charge in [-0.3, -0.25) is 0 Å². The van der Waals surface area contributed by atoms with E-state index in [4.69, 9.17) is 21.6 Å². The number of aliphatic hydroxyl groups excluding tert-OH is 1. The summed E-state index contributed by atoms with van der Waals surface area (Å²) in [5.74, 6) is 0.555. The Kier molecular flexibility index (Phi) is 7.34. The van der Waals surface area contributed by atoms with Gasteiger partial charge in [0.25, 0.3) is 0 Å². The molecule has 39 heavy (non-hydrogen) atoms. The van der Waals surface area contributed by atoms with Crippen LogP contribution in [0.5, 0.6) is 5.75 Å². The second kappa shape index (κ2) is 10.7. The van der Waals surface area contributed by atoms with Crippen molar-refractivity contribution in [3.8, 4) is 16.9 Å². The minimum absolute atomic E-state index is 0.100. The fourth-order valence-corrected chi connectivity index (χ4v) is 5.53. The van der Waals surface area contributed by atoms with Crippen LogP contribution in [0.3, 0.4) is 0 Å². The third-order valence-corrected chi connectivity index (χ3v) is 8.20. The van der Waals surface area contributed by atoms with Gasteiger partial charge in [-0.25, -0.2) is 9.51 Å². The fourth-order valence-electron chi connectivity index (χ4n) is 5.53. The Morgan fingerprint density at radius 3 is 2.69 bits per heavy atom. The van der Waals surface area contributed by atoms with Crippen LogP contribution in [0.2, 0.25) is 0 Å². The summed E-state index contributed by atoms with van der Waals surface area (Å²) >= 11 is 0. The molecule has 0 bridgehead atoms. The first-order valence-corrected chi connectivity index (χ1v) is 13.6. The van der Waals surface area contributed by atoms with Crippen LogP contribution in [0, 0.1) is 5.41 Å². The van der Waals surface area contributed by atoms with Crippen molar-refractivity contribution < 1.29 is 10.2 Å². The second-order valence-electron chi connectivity index (χ2n) is 11.0. The van der Waals surface area contributed by atoms with Crippen LogP contribution in [-0.2, 0) is 12.8 Å². The summed E-state index contributed by atoms with van der Waals surface area (Å²) in [5, 5.41) is 27.8. The highest BCUT2D eigenvalue weighted by Gasteiger charge is 2.41. The van der Waals surface area contributed by atoms with Crippen LogP contribution in [-0.4, -0.2) is 44.4 Å². The zero-order valence-electron chi connectivity index (χ0n) is 22.9. The number of rotatable bonds is 8. The van der Waals surface area contributed by atoms with Crippen LogP contribution >= 0.6 is 0 Å². The zero-order valence-corrected chi connectivity index (χ0v) is 22.9. The average molecular weight is 527 g/mol. The molecule has 1 aliphatic carbocycles. The molecule has 2 aromatic heterocycles. The number of amidine groups is 1. The summed E-state index contributed by atoms with van der Waals surface area (Å²) in [6.45, 7) is 6.54. The van der Waals surface area contributed by atoms with Gasteiger partial charge in [0.1, 0.15) is 11.6 Å². The van der Waals surface area contributed by atoms with E-state index >= 15 is 0 Å². The number of aromatic nitrogens is 2. The van der Waals surface area contributed by atoms with E-state index in [1.807, 2.05) is 29.8 Å². The normalized spacial score (nSPS) is 19.1. The molecular formula is C31H38N6O2. The summed E-state index contributed by atoms with van der Waals surface area (Å²) < 4.78 is 1.87. The highest BCUT2D eigenvalue weighted by atomic mass is 16.3. The Balaban J connectivity index is 1.64. The third-order valence-electron chi connectivity index (χ3n) is 8.20. The first kappa shape index (κ1) is 26.7. The van der Waals surface area contributed by atoms with E-state index in [2.05, 4.69) is 37.4 Å². The molecule has 2 unspecified atom stereocenters. The smallest absolute Gasteiger partial charge is 0.135 e. The van der Waals surface area contributed by atoms with Gasteiger partial charge in [0, 0.05) is 30.5 Å². The molecular weight excluding hydrogens is 488 g/mol. The predicted molar refractivity (Wildman–Crippen MR) is 158 cm³/mol. The molecule has 8 nitrogen and oxygen atoms in total. The SMILES string of the molecule is CCc1cc(O)ccc1/N=C(\N)c1cnn2cc(-c3cccc(CCO)c3)cc2c1NC1CCC(N)C1(C)C. The predicted octanol–water partition coefficient (Wildman–Crippen LogP) is 4.77. The van der Waals surface area contributed by atoms with Crippen molar-refractivity contribution in [3.05, 3.63) is 77.6 Å². The van der Waals surface area contributed by atoms with Gasteiger partial charge in [-0.05, 0) is 72.1 Å². The molecule has 5 rings (SSSR count). The minimum Gasteiger partial charge on any atom is -0.508 e. The second-order valence-corrected chi connectivity index (χ2v) is 11.0. The van der Waals surface area contributed by atoms with Gasteiger partial charge in [0.05, 0.1) is 28.7 Å². The molecule has 4 aromatic rings. The largest absolute Gasteiger partial charge is 0.508 e. The highest BCUT2D eigenvalue weighted by Crippen LogP contribution is 2.40. The van der Waals surface area contributed by atoms with Gasteiger partial charge in [-0.15, -0.1) is 0 Å². The molecule has 0 saturated heterocycles. The maximum absolute atomic E-state index is 9.93. The van der Waals surface area contributed by atoms with Crippen LogP contribution < -0.4 is 16.8 Å². The molecule has 0 radical (unpaired) electrons. The molecule has 0 aliphatic heterocycles. The van der Waals surface area contributed by atoms with Crippen LogP contribution in [0.4, 0.5) is 11.4 Å². The van der Waals surface area contributed by atoms with Crippen molar-refractivity contribution in [1.82, 2.24) is 9.61 Å². The number of anilines is 1. The topological polar surface area (TPSA) is 134 Å². The number of aryl methyl sites for hydroxylation is 1. The molecule has 1 fully saturated rings. The van der Waals surface area contributed by atoms with E-state index in [1.165, 1.54) is 0 Å². The lowest BCUT2D eigenvalue weighted by atomic mass is 9.84. The molecule has 204 valence electrons. The lowest BCUT2D eigenvalue weighted by Gasteiger charge is -2.32. The molecule has 8 heteroatoms. The monoisotopic (exact) mass is 526 g/mol. The molecule has 2 heterocycles. The van der Waals surface area contributed by atoms with Gasteiger partial charge in [0.15, 0.2) is 0 Å². The average Bonchev–Trinajstić information content (AvgIpc) is 3.46. The summed E-state index contributed by atoms with van der Waals surface area (Å²) in [6.07, 6.45) is 6.99. The lowest BCUT2D eigenvalue weighted by Crippen LogP contribution is -2.42. The number of benzene rings is 2. The Labute approximate surface area is 229 Å². The summed E-state index contributed by atoms with van der Waals surface area (Å²) in [7, 11) is 0. The quantitative estimate of drug-likeness (QED) is 0.166. The van der Waals surface area contributed by atoms with Crippen molar-refractivity contribution in [2.75, 3.05) is 11.9 Å². The number of hydrogen-bond donors (Lipinski definition) is 5. The Bertz CT molecular complexity index is 1520. The first-order valence-electron chi connectivity index (χ1n) is 13.6. The van der Waals surface area contributed by atoms with Gasteiger partial charge in [-0.2, -0.15) is 5.10 Å². The van der Waals surface area contributed by atoms with Crippen molar-refractivity contribution in [1.29, 1.82) is 0 Å². The van der Waals surface area contributed by atoms with Gasteiger partial charge in [0.2, 0.25) is 0 Å². The molecule has 0 amide bonds. The molecule has 7 N–H and O–H groups in total. The van der Waals surface area contributed by atoms with Crippen LogP contribution in [0.15, 0.2) is 65.9 Å². The van der Waals surface area contributed by atoms with E-state index < -0.39 is 0 Å². The molecule has 1 aliphatic rings. The van der Waals surface area contributed by atoms with Gasteiger partial charge < -0.3 is 27.0 Å². The number of hydrogen-bond acceptors (Lipinski definition) is 6. The van der Waals surface area contributed by atoms with Crippen molar-refractivity contribution in [3.63, 3.8) is 0 Å². The number of aliphatic hydroxyl groups is 1. The van der Waals surface area contributed by atoms with E-state index in [9.17, 15) is 10.2 Å². The van der Waals surface area contributed by atoms with Gasteiger partial charge >= 0.3 is 0 Å². The third kappa shape index (κ3) is 5.22. The van der Waals surface area contributed by atoms with Crippen molar-refractivity contribution >= 4 is 22.7 Å². The number of nitrogens with zero attached hydrogens (tertiary/aromatic N) is 3. The maximum atomic E-state index is 9.93. The summed E-state index contributed by atoms with van der Waals surface area (Å²) in [5.41, 5.74) is 20.3. The fraction of sp³-hybridized carbons (Fsp3) is 0.355. The van der Waals surface area contributed by atoms with E-state index in [1.54, 1.807) is 24.4 Å². The summed E-state index contributed by atoms with van der Waals surface area (Å²) in [4.78, 5) is 4.78. The number of nitrogens with one attached hydrogen (secondary N) is 1. The standard InChI is InChI=1S/C31H38N6O2/c1-4-20-15-23(39)8-9-25(20)35-30(33)24-17-34-37-18-22(21-7-5-6-19(14-21)12-13-38)16-26(37)29(24)36-28-11-10-27(32)31(28,2)3/h5-9,14-18,27-28,36,38-39H,4,10-13,32H2,1-3H3,(H2,33,35). The zero-order chi connectivity index (χ0) is 27.7. The Morgan fingerprint density at radius 2 is 1.97 bits per heavy atom. The molecule has 2 aromatic carbocycles. The van der Waals surface area contributed by atoms with E-state index in [-0.39, 0.29) is 29.9 Å². The lowest BCUT2D eigenvalue weighted by molar-refractivity contribution is 0.299. The number of aliphatic imine (C=N–C) groups is 1. The van der Waals surface area contributed by atoms with E-state index in [0.29, 0.717) is 24.2 Å². The van der Waals surface area contributed by atoms with Crippen molar-refractivity contribution in [2.45, 2.75) is 58.5 Å². The van der Waals surface area contributed by atoms with E-state index in [0.717, 1.165) is 52.0 Å². The highest BCUT2D eigenvalue weighted by molar-refractivity contribution is 6.06. The molecule has 0 spiro atoms. The Hall–Kier alpha value is -3.88. The number of nitrogens with two attached hydrogens (primary N) is 2. The van der Waals surface area contributed by atoms with Crippen molar-refractivity contribution in [2.24, 2.45) is 21.9 Å². The number of phenolic OH excluding ortho intramolecular Hbond substituents is 1. The van der Waals surface area contributed by atoms with Gasteiger partial charge in [-0.1, -0.05) is 45.0 Å². The minimum atomic E-state index is -0.107. The maximum Gasteiger partial charge on any atom is 0.135 e. The molecule has 1 saturated carbocycles. The Morgan fingerprint density at radius 1 is 1.15 bits per heavy atom. The number of phenols is 1. The van der Waals surface area contributed by atoms with Crippen LogP contribution in [0.1, 0.15) is 50.3 Å². The summed E-state index contributed by atoms with van der Waals surface area (Å²) in [6, 6.07) is 15.7.